The number of hydrogen-bond donors (Lipinski definition) is 3. The summed E-state index contributed by atoms with van der Waals surface area (Å²) in [4.78, 5) is 4.50. The second-order valence-corrected chi connectivity index (χ2v) is 6.46. The van der Waals surface area contributed by atoms with Crippen molar-refractivity contribution in [2.24, 2.45) is 5.16 Å². The van der Waals surface area contributed by atoms with Crippen LogP contribution in [0.3, 0.4) is 0 Å². The molecule has 0 atom stereocenters. The van der Waals surface area contributed by atoms with Gasteiger partial charge in [-0.15, -0.1) is 0 Å². The van der Waals surface area contributed by atoms with Crippen molar-refractivity contribution in [3.05, 3.63) is 52.5 Å². The number of hydrogen-bond acceptors (Lipinski definition) is 6. The number of phenols is 2. The Morgan fingerprint density at radius 1 is 1.04 bits per heavy atom. The fourth-order valence-electron chi connectivity index (χ4n) is 3.03. The molecule has 3 N–H and O–H groups in total. The Balaban J connectivity index is 1.65. The molecular weight excluding hydrogens is 342 g/mol. The van der Waals surface area contributed by atoms with Crippen molar-refractivity contribution in [2.75, 3.05) is 31.1 Å². The van der Waals surface area contributed by atoms with E-state index in [1.165, 1.54) is 6.21 Å². The highest BCUT2D eigenvalue weighted by molar-refractivity contribution is 6.31. The van der Waals surface area contributed by atoms with Gasteiger partial charge in [0, 0.05) is 54.6 Å². The van der Waals surface area contributed by atoms with Crippen molar-refractivity contribution in [2.45, 2.75) is 6.54 Å². The predicted molar refractivity (Wildman–Crippen MR) is 98.1 cm³/mol. The lowest BCUT2D eigenvalue weighted by atomic mass is 10.1. The second kappa shape index (κ2) is 7.63. The van der Waals surface area contributed by atoms with Crippen molar-refractivity contribution in [1.29, 1.82) is 0 Å². The maximum Gasteiger partial charge on any atom is 0.129 e. The molecule has 0 radical (unpaired) electrons. The normalized spacial score (nSPS) is 15.8. The minimum Gasteiger partial charge on any atom is -0.508 e. The maximum absolute atomic E-state index is 10.3. The number of benzene rings is 2. The largest absolute Gasteiger partial charge is 0.508 e. The van der Waals surface area contributed by atoms with E-state index in [-0.39, 0.29) is 11.5 Å². The van der Waals surface area contributed by atoms with Crippen LogP contribution < -0.4 is 4.90 Å². The number of piperazine rings is 1. The molecule has 0 aromatic heterocycles. The van der Waals surface area contributed by atoms with Crippen LogP contribution in [0, 0.1) is 0 Å². The van der Waals surface area contributed by atoms with Crippen molar-refractivity contribution in [1.82, 2.24) is 4.90 Å². The van der Waals surface area contributed by atoms with Gasteiger partial charge in [-0.2, -0.15) is 0 Å². The van der Waals surface area contributed by atoms with Gasteiger partial charge in [0.15, 0.2) is 0 Å². The van der Waals surface area contributed by atoms with Crippen LogP contribution in [0.1, 0.15) is 11.1 Å². The zero-order valence-corrected chi connectivity index (χ0v) is 14.4. The molecule has 0 saturated carbocycles. The first kappa shape index (κ1) is 17.4. The van der Waals surface area contributed by atoms with Crippen LogP contribution in [-0.2, 0) is 6.54 Å². The molecule has 1 fully saturated rings. The van der Waals surface area contributed by atoms with Gasteiger partial charge in [0.2, 0.25) is 0 Å². The Hall–Kier alpha value is -2.44. The quantitative estimate of drug-likeness (QED) is 0.443. The minimum absolute atomic E-state index is 0.0863. The van der Waals surface area contributed by atoms with Gasteiger partial charge in [0.1, 0.15) is 11.5 Å². The standard InChI is InChI=1S/C18H20ClN3O3/c19-15-9-13(11-20-25)18(24)14(10-15)12-21-5-7-22(8-6-21)16-1-3-17(23)4-2-16/h1-4,9-11,23-25H,5-8,12H2/b20-11+. The van der Waals surface area contributed by atoms with E-state index in [1.54, 1.807) is 24.3 Å². The van der Waals surface area contributed by atoms with Crippen molar-refractivity contribution in [3.8, 4) is 11.5 Å². The Morgan fingerprint density at radius 2 is 1.72 bits per heavy atom. The summed E-state index contributed by atoms with van der Waals surface area (Å²) in [5.41, 5.74) is 2.19. The number of rotatable bonds is 4. The number of nitrogens with zero attached hydrogens (tertiary/aromatic N) is 3. The number of halogens is 1. The molecule has 6 nitrogen and oxygen atoms in total. The van der Waals surface area contributed by atoms with Crippen molar-refractivity contribution < 1.29 is 15.4 Å². The molecule has 1 aliphatic rings. The number of oxime groups is 1. The smallest absolute Gasteiger partial charge is 0.129 e. The topological polar surface area (TPSA) is 79.5 Å². The van der Waals surface area contributed by atoms with Crippen LogP contribution in [0.15, 0.2) is 41.6 Å². The van der Waals surface area contributed by atoms with Gasteiger partial charge < -0.3 is 20.3 Å². The molecule has 0 aliphatic carbocycles. The van der Waals surface area contributed by atoms with E-state index in [4.69, 9.17) is 16.8 Å². The van der Waals surface area contributed by atoms with E-state index in [9.17, 15) is 10.2 Å². The van der Waals surface area contributed by atoms with Gasteiger partial charge in [-0.25, -0.2) is 0 Å². The summed E-state index contributed by atoms with van der Waals surface area (Å²) in [5.74, 6) is 0.351. The summed E-state index contributed by atoms with van der Waals surface area (Å²) in [6.07, 6.45) is 1.17. The van der Waals surface area contributed by atoms with Crippen LogP contribution in [0.4, 0.5) is 5.69 Å². The second-order valence-electron chi connectivity index (χ2n) is 6.03. The molecule has 0 bridgehead atoms. The van der Waals surface area contributed by atoms with Crippen LogP contribution in [0.2, 0.25) is 5.02 Å². The molecular formula is C18H20ClN3O3. The lowest BCUT2D eigenvalue weighted by Crippen LogP contribution is -2.45. The van der Waals surface area contributed by atoms with Crippen LogP contribution in [0.5, 0.6) is 11.5 Å². The van der Waals surface area contributed by atoms with E-state index in [0.717, 1.165) is 31.9 Å². The molecule has 132 valence electrons. The Labute approximate surface area is 151 Å². The summed E-state index contributed by atoms with van der Waals surface area (Å²) in [7, 11) is 0. The van der Waals surface area contributed by atoms with Crippen LogP contribution in [-0.4, -0.2) is 52.7 Å². The first-order chi connectivity index (χ1) is 12.1. The number of aromatic hydroxyl groups is 2. The van der Waals surface area contributed by atoms with Crippen LogP contribution >= 0.6 is 11.6 Å². The molecule has 1 aliphatic heterocycles. The van der Waals surface area contributed by atoms with Gasteiger partial charge in [-0.1, -0.05) is 16.8 Å². The molecule has 1 heterocycles. The lowest BCUT2D eigenvalue weighted by Gasteiger charge is -2.36. The predicted octanol–water partition coefficient (Wildman–Crippen LogP) is 2.88. The molecule has 0 amide bonds. The lowest BCUT2D eigenvalue weighted by molar-refractivity contribution is 0.246. The molecule has 1 saturated heterocycles. The monoisotopic (exact) mass is 361 g/mol. The Morgan fingerprint density at radius 3 is 2.36 bits per heavy atom. The fraction of sp³-hybridized carbons (Fsp3) is 0.278. The van der Waals surface area contributed by atoms with Crippen LogP contribution in [0.25, 0.3) is 0 Å². The molecule has 3 rings (SSSR count). The first-order valence-corrected chi connectivity index (χ1v) is 8.40. The molecule has 0 spiro atoms. The molecule has 2 aromatic rings. The zero-order valence-electron chi connectivity index (χ0n) is 13.6. The summed E-state index contributed by atoms with van der Waals surface area (Å²) < 4.78 is 0. The summed E-state index contributed by atoms with van der Waals surface area (Å²) in [5, 5.41) is 31.8. The van der Waals surface area contributed by atoms with Gasteiger partial charge in [0.05, 0.1) is 6.21 Å². The SMILES string of the molecule is O/N=C/c1cc(Cl)cc(CN2CCN(c3ccc(O)cc3)CC2)c1O. The molecule has 25 heavy (non-hydrogen) atoms. The van der Waals surface area contributed by atoms with Gasteiger partial charge >= 0.3 is 0 Å². The average molecular weight is 362 g/mol. The molecule has 0 unspecified atom stereocenters. The summed E-state index contributed by atoms with van der Waals surface area (Å²) in [6.45, 7) is 3.97. The first-order valence-electron chi connectivity index (χ1n) is 8.02. The van der Waals surface area contributed by atoms with E-state index >= 15 is 0 Å². The summed E-state index contributed by atoms with van der Waals surface area (Å²) >= 11 is 6.09. The number of anilines is 1. The number of phenolic OH excluding ortho intramolecular Hbond substituents is 2. The van der Waals surface area contributed by atoms with Crippen molar-refractivity contribution >= 4 is 23.5 Å². The summed E-state index contributed by atoms with van der Waals surface area (Å²) in [6, 6.07) is 10.5. The molecule has 2 aromatic carbocycles. The minimum atomic E-state index is 0.0863. The van der Waals surface area contributed by atoms with Crippen molar-refractivity contribution in [3.63, 3.8) is 0 Å². The fourth-order valence-corrected chi connectivity index (χ4v) is 3.28. The third kappa shape index (κ3) is 4.15. The van der Waals surface area contributed by atoms with Gasteiger partial charge in [0.25, 0.3) is 0 Å². The third-order valence-corrected chi connectivity index (χ3v) is 4.58. The van der Waals surface area contributed by atoms with Gasteiger partial charge in [-0.05, 0) is 36.4 Å². The third-order valence-electron chi connectivity index (χ3n) is 4.36. The average Bonchev–Trinajstić information content (AvgIpc) is 2.61. The highest BCUT2D eigenvalue weighted by Gasteiger charge is 2.19. The van der Waals surface area contributed by atoms with E-state index in [0.29, 0.717) is 22.7 Å². The Kier molecular flexibility index (Phi) is 5.31. The maximum atomic E-state index is 10.3. The van der Waals surface area contributed by atoms with E-state index in [2.05, 4.69) is 15.0 Å². The van der Waals surface area contributed by atoms with E-state index in [1.807, 2.05) is 12.1 Å². The Bertz CT molecular complexity index is 757. The zero-order chi connectivity index (χ0) is 17.8. The van der Waals surface area contributed by atoms with Gasteiger partial charge in [-0.3, -0.25) is 4.90 Å². The molecule has 7 heteroatoms. The highest BCUT2D eigenvalue weighted by atomic mass is 35.5. The highest BCUT2D eigenvalue weighted by Crippen LogP contribution is 2.28. The van der Waals surface area contributed by atoms with E-state index < -0.39 is 0 Å².